The van der Waals surface area contributed by atoms with Gasteiger partial charge >= 0.3 is 0 Å². The van der Waals surface area contributed by atoms with Gasteiger partial charge in [0.05, 0.1) is 6.10 Å². The Kier molecular flexibility index (Phi) is 3.58. The van der Waals surface area contributed by atoms with E-state index in [2.05, 4.69) is 10.3 Å². The lowest BCUT2D eigenvalue weighted by Crippen LogP contribution is -2.12. The van der Waals surface area contributed by atoms with Gasteiger partial charge in [0, 0.05) is 17.1 Å². The summed E-state index contributed by atoms with van der Waals surface area (Å²) in [6.07, 6.45) is -0.723. The summed E-state index contributed by atoms with van der Waals surface area (Å²) in [4.78, 5) is 4.28. The molecule has 1 atom stereocenters. The summed E-state index contributed by atoms with van der Waals surface area (Å²) in [5.41, 5.74) is 2.17. The number of fused-ring (bicyclic) bond motifs is 1. The maximum Gasteiger partial charge on any atom is 0.295 e. The molecule has 1 unspecified atom stereocenters. The zero-order valence-electron chi connectivity index (χ0n) is 10.6. The number of rotatable bonds is 4. The molecule has 2 aromatic carbocycles. The Morgan fingerprint density at radius 2 is 1.90 bits per heavy atom. The summed E-state index contributed by atoms with van der Waals surface area (Å²) < 4.78 is 5.52. The molecule has 0 aliphatic heterocycles. The molecule has 1 heterocycles. The third-order valence-corrected chi connectivity index (χ3v) is 3.35. The quantitative estimate of drug-likeness (QED) is 0.770. The van der Waals surface area contributed by atoms with Crippen LogP contribution in [0.1, 0.15) is 11.7 Å². The Labute approximate surface area is 121 Å². The van der Waals surface area contributed by atoms with Crippen molar-refractivity contribution in [2.45, 2.75) is 6.10 Å². The van der Waals surface area contributed by atoms with Gasteiger partial charge in [-0.05, 0) is 18.2 Å². The van der Waals surface area contributed by atoms with E-state index in [1.807, 2.05) is 36.4 Å². The van der Waals surface area contributed by atoms with E-state index in [1.165, 1.54) is 0 Å². The molecule has 1 aromatic heterocycles. The molecule has 20 heavy (non-hydrogen) atoms. The van der Waals surface area contributed by atoms with E-state index in [-0.39, 0.29) is 6.54 Å². The molecule has 102 valence electrons. The monoisotopic (exact) mass is 288 g/mol. The highest BCUT2D eigenvalue weighted by molar-refractivity contribution is 6.31. The highest BCUT2D eigenvalue weighted by Gasteiger charge is 2.12. The Balaban J connectivity index is 1.71. The maximum absolute atomic E-state index is 10.1. The van der Waals surface area contributed by atoms with Crippen LogP contribution in [-0.2, 0) is 0 Å². The second kappa shape index (κ2) is 5.53. The molecule has 0 saturated carbocycles. The number of nitrogens with one attached hydrogen (secondary N) is 1. The van der Waals surface area contributed by atoms with Gasteiger partial charge in [-0.2, -0.15) is 4.98 Å². The molecule has 0 saturated heterocycles. The summed E-state index contributed by atoms with van der Waals surface area (Å²) in [5, 5.41) is 13.6. The van der Waals surface area contributed by atoms with Gasteiger partial charge in [-0.3, -0.25) is 0 Å². The van der Waals surface area contributed by atoms with Gasteiger partial charge in [0.1, 0.15) is 5.52 Å². The molecule has 4 nitrogen and oxygen atoms in total. The summed E-state index contributed by atoms with van der Waals surface area (Å²) in [6.45, 7) is 0.274. The molecule has 3 rings (SSSR count). The number of para-hydroxylation sites is 2. The zero-order valence-corrected chi connectivity index (χ0v) is 11.3. The van der Waals surface area contributed by atoms with Crippen LogP contribution < -0.4 is 5.32 Å². The van der Waals surface area contributed by atoms with E-state index in [0.717, 1.165) is 5.52 Å². The minimum atomic E-state index is -0.723. The first-order valence-electron chi connectivity index (χ1n) is 6.26. The number of aliphatic hydroxyl groups excluding tert-OH is 1. The summed E-state index contributed by atoms with van der Waals surface area (Å²) in [5.74, 6) is 0. The lowest BCUT2D eigenvalue weighted by molar-refractivity contribution is 0.191. The third kappa shape index (κ3) is 2.61. The third-order valence-electron chi connectivity index (χ3n) is 3.00. The number of halogens is 1. The molecular formula is C15H13ClN2O2. The van der Waals surface area contributed by atoms with Crippen molar-refractivity contribution < 1.29 is 9.52 Å². The van der Waals surface area contributed by atoms with E-state index in [0.29, 0.717) is 22.2 Å². The van der Waals surface area contributed by atoms with Crippen molar-refractivity contribution in [1.29, 1.82) is 0 Å². The van der Waals surface area contributed by atoms with Gasteiger partial charge in [0.2, 0.25) is 0 Å². The van der Waals surface area contributed by atoms with Crippen LogP contribution in [0.3, 0.4) is 0 Å². The van der Waals surface area contributed by atoms with E-state index >= 15 is 0 Å². The van der Waals surface area contributed by atoms with Crippen LogP contribution in [0.25, 0.3) is 11.1 Å². The molecule has 0 aliphatic carbocycles. The fraction of sp³-hybridized carbons (Fsp3) is 0.133. The standard InChI is InChI=1S/C15H13ClN2O2/c16-11-6-2-1-5-10(11)13(19)9-17-15-18-12-7-3-4-8-14(12)20-15/h1-8,13,19H,9H2,(H,17,18). The van der Waals surface area contributed by atoms with Crippen molar-refractivity contribution in [3.63, 3.8) is 0 Å². The summed E-state index contributed by atoms with van der Waals surface area (Å²) >= 11 is 6.04. The minimum absolute atomic E-state index is 0.274. The lowest BCUT2D eigenvalue weighted by atomic mass is 10.1. The number of hydrogen-bond acceptors (Lipinski definition) is 4. The highest BCUT2D eigenvalue weighted by Crippen LogP contribution is 2.23. The number of anilines is 1. The number of oxazole rings is 1. The van der Waals surface area contributed by atoms with Crippen LogP contribution in [0.5, 0.6) is 0 Å². The predicted octanol–water partition coefficient (Wildman–Crippen LogP) is 3.63. The maximum atomic E-state index is 10.1. The Hall–Kier alpha value is -2.04. The largest absolute Gasteiger partial charge is 0.424 e. The van der Waals surface area contributed by atoms with Crippen molar-refractivity contribution in [2.75, 3.05) is 11.9 Å². The van der Waals surface area contributed by atoms with Crippen molar-refractivity contribution in [3.8, 4) is 0 Å². The first-order valence-corrected chi connectivity index (χ1v) is 6.64. The van der Waals surface area contributed by atoms with Crippen LogP contribution in [0, 0.1) is 0 Å². The first-order chi connectivity index (χ1) is 9.74. The molecule has 0 fully saturated rings. The number of aromatic nitrogens is 1. The Morgan fingerprint density at radius 3 is 2.70 bits per heavy atom. The summed E-state index contributed by atoms with van der Waals surface area (Å²) in [7, 11) is 0. The first kappa shape index (κ1) is 13.0. The fourth-order valence-corrected chi connectivity index (χ4v) is 2.25. The van der Waals surface area contributed by atoms with Crippen molar-refractivity contribution in [3.05, 3.63) is 59.1 Å². The van der Waals surface area contributed by atoms with Crippen molar-refractivity contribution in [2.24, 2.45) is 0 Å². The molecule has 5 heteroatoms. The van der Waals surface area contributed by atoms with Crippen LogP contribution in [0.4, 0.5) is 6.01 Å². The summed E-state index contributed by atoms with van der Waals surface area (Å²) in [6, 6.07) is 15.1. The van der Waals surface area contributed by atoms with Gasteiger partial charge in [0.25, 0.3) is 6.01 Å². The van der Waals surface area contributed by atoms with Crippen LogP contribution in [0.2, 0.25) is 5.02 Å². The average molecular weight is 289 g/mol. The second-order valence-electron chi connectivity index (χ2n) is 4.40. The normalized spacial score (nSPS) is 12.5. The molecule has 0 aliphatic rings. The van der Waals surface area contributed by atoms with Crippen molar-refractivity contribution >= 4 is 28.7 Å². The number of benzene rings is 2. The zero-order chi connectivity index (χ0) is 13.9. The Bertz CT molecular complexity index is 693. The van der Waals surface area contributed by atoms with Gasteiger partial charge < -0.3 is 14.8 Å². The molecule has 0 bridgehead atoms. The van der Waals surface area contributed by atoms with E-state index in [1.54, 1.807) is 12.1 Å². The highest BCUT2D eigenvalue weighted by atomic mass is 35.5. The number of hydrogen-bond donors (Lipinski definition) is 2. The van der Waals surface area contributed by atoms with Crippen LogP contribution in [0.15, 0.2) is 52.9 Å². The molecule has 0 radical (unpaired) electrons. The van der Waals surface area contributed by atoms with E-state index in [9.17, 15) is 5.11 Å². The smallest absolute Gasteiger partial charge is 0.295 e. The van der Waals surface area contributed by atoms with E-state index < -0.39 is 6.10 Å². The molecule has 0 spiro atoms. The minimum Gasteiger partial charge on any atom is -0.424 e. The van der Waals surface area contributed by atoms with Crippen molar-refractivity contribution in [1.82, 2.24) is 4.98 Å². The number of nitrogens with zero attached hydrogens (tertiary/aromatic N) is 1. The molecule has 0 amide bonds. The SMILES string of the molecule is OC(CNc1nc2ccccc2o1)c1ccccc1Cl. The van der Waals surface area contributed by atoms with Gasteiger partial charge in [-0.15, -0.1) is 0 Å². The predicted molar refractivity (Wildman–Crippen MR) is 78.9 cm³/mol. The molecule has 3 aromatic rings. The van der Waals surface area contributed by atoms with Crippen LogP contribution in [-0.4, -0.2) is 16.6 Å². The fourth-order valence-electron chi connectivity index (χ4n) is 1.99. The number of aliphatic hydroxyl groups is 1. The van der Waals surface area contributed by atoms with E-state index in [4.69, 9.17) is 16.0 Å². The van der Waals surface area contributed by atoms with Crippen LogP contribution >= 0.6 is 11.6 Å². The molecule has 2 N–H and O–H groups in total. The lowest BCUT2D eigenvalue weighted by Gasteiger charge is -2.12. The van der Waals surface area contributed by atoms with Gasteiger partial charge in [0.15, 0.2) is 5.58 Å². The topological polar surface area (TPSA) is 58.3 Å². The second-order valence-corrected chi connectivity index (χ2v) is 4.81. The van der Waals surface area contributed by atoms with Gasteiger partial charge in [-0.1, -0.05) is 41.9 Å². The molecular weight excluding hydrogens is 276 g/mol. The average Bonchev–Trinajstić information content (AvgIpc) is 2.88. The Morgan fingerprint density at radius 1 is 1.15 bits per heavy atom. The van der Waals surface area contributed by atoms with Gasteiger partial charge in [-0.25, -0.2) is 0 Å².